The highest BCUT2D eigenvalue weighted by atomic mass is 19.4. The predicted molar refractivity (Wildman–Crippen MR) is 132 cm³/mol. The number of nitrogens with one attached hydrogen (secondary N) is 2. The number of aromatic hydroxyl groups is 1. The maximum absolute atomic E-state index is 13.2. The van der Waals surface area contributed by atoms with E-state index >= 15 is 0 Å². The average Bonchev–Trinajstić information content (AvgIpc) is 3.64. The molecule has 2 aliphatic rings. The molecule has 5 rings (SSSR count). The highest BCUT2D eigenvalue weighted by Crippen LogP contribution is 2.33. The number of carbonyl (C=O) groups is 1. The SMILES string of the molecule is O=C1NC(CCc2cccc(OCC(F)(F)F)c2)Cc2nn(CCC3CC3)c(CNc3ccnc(O)n3)c21. The Balaban J connectivity index is 1.26. The largest absolute Gasteiger partial charge is 0.484 e. The summed E-state index contributed by atoms with van der Waals surface area (Å²) in [6.45, 7) is -0.310. The minimum Gasteiger partial charge on any atom is -0.484 e. The molecule has 0 radical (unpaired) electrons. The van der Waals surface area contributed by atoms with Crippen molar-refractivity contribution in [1.29, 1.82) is 0 Å². The monoisotopic (exact) mass is 530 g/mol. The summed E-state index contributed by atoms with van der Waals surface area (Å²) in [6.07, 6.45) is 2.23. The van der Waals surface area contributed by atoms with Crippen LogP contribution in [-0.4, -0.2) is 49.6 Å². The Kier molecular flexibility index (Phi) is 7.39. The average molecular weight is 531 g/mol. The van der Waals surface area contributed by atoms with Gasteiger partial charge in [0.15, 0.2) is 6.61 Å². The molecule has 1 atom stereocenters. The van der Waals surface area contributed by atoms with Crippen molar-refractivity contribution in [1.82, 2.24) is 25.1 Å². The molecule has 3 heterocycles. The van der Waals surface area contributed by atoms with E-state index in [1.807, 2.05) is 10.7 Å². The van der Waals surface area contributed by atoms with Crippen molar-refractivity contribution in [3.05, 3.63) is 59.0 Å². The van der Waals surface area contributed by atoms with Gasteiger partial charge in [0.1, 0.15) is 11.6 Å². The molecule has 1 unspecified atom stereocenters. The van der Waals surface area contributed by atoms with Gasteiger partial charge in [-0.15, -0.1) is 0 Å². The quantitative estimate of drug-likeness (QED) is 0.343. The molecule has 1 fully saturated rings. The zero-order valence-electron chi connectivity index (χ0n) is 20.7. The number of aryl methyl sites for hydroxylation is 2. The Morgan fingerprint density at radius 2 is 2.05 bits per heavy atom. The van der Waals surface area contributed by atoms with E-state index in [0.29, 0.717) is 49.7 Å². The molecule has 0 spiro atoms. The van der Waals surface area contributed by atoms with Crippen molar-refractivity contribution < 1.29 is 27.8 Å². The number of carbonyl (C=O) groups excluding carboxylic acids is 1. The molecule has 2 aromatic heterocycles. The van der Waals surface area contributed by atoms with E-state index in [2.05, 4.69) is 20.6 Å². The van der Waals surface area contributed by atoms with E-state index in [1.165, 1.54) is 25.1 Å². The second kappa shape index (κ2) is 10.9. The fourth-order valence-electron chi connectivity index (χ4n) is 4.67. The molecule has 12 heteroatoms. The van der Waals surface area contributed by atoms with Crippen molar-refractivity contribution in [3.8, 4) is 11.8 Å². The molecular weight excluding hydrogens is 501 g/mol. The molecule has 1 amide bonds. The van der Waals surface area contributed by atoms with Crippen LogP contribution in [0.3, 0.4) is 0 Å². The number of nitrogens with zero attached hydrogens (tertiary/aromatic N) is 4. The minimum atomic E-state index is -4.40. The summed E-state index contributed by atoms with van der Waals surface area (Å²) in [5.41, 5.74) is 2.89. The number of benzene rings is 1. The fourth-order valence-corrected chi connectivity index (χ4v) is 4.67. The van der Waals surface area contributed by atoms with Gasteiger partial charge < -0.3 is 20.5 Å². The summed E-state index contributed by atoms with van der Waals surface area (Å²) in [4.78, 5) is 20.8. The molecule has 3 N–H and O–H groups in total. The Hall–Kier alpha value is -3.83. The van der Waals surface area contributed by atoms with Crippen LogP contribution < -0.4 is 15.4 Å². The number of alkyl halides is 3. The van der Waals surface area contributed by atoms with Crippen LogP contribution in [0.4, 0.5) is 19.0 Å². The number of halogens is 3. The molecule has 38 heavy (non-hydrogen) atoms. The number of fused-ring (bicyclic) bond motifs is 1. The van der Waals surface area contributed by atoms with Gasteiger partial charge in [0.25, 0.3) is 5.91 Å². The van der Waals surface area contributed by atoms with E-state index in [1.54, 1.807) is 18.2 Å². The molecule has 202 valence electrons. The third-order valence-electron chi connectivity index (χ3n) is 6.74. The first-order valence-electron chi connectivity index (χ1n) is 12.7. The highest BCUT2D eigenvalue weighted by molar-refractivity contribution is 5.97. The summed E-state index contributed by atoms with van der Waals surface area (Å²) in [6, 6.07) is 7.74. The summed E-state index contributed by atoms with van der Waals surface area (Å²) < 4.78 is 44.2. The van der Waals surface area contributed by atoms with Crippen LogP contribution in [-0.2, 0) is 25.9 Å². The first kappa shape index (κ1) is 25.8. The maximum Gasteiger partial charge on any atom is 0.422 e. The number of aromatic nitrogens is 4. The van der Waals surface area contributed by atoms with Gasteiger partial charge in [-0.1, -0.05) is 25.0 Å². The molecule has 1 aliphatic heterocycles. The number of anilines is 1. The summed E-state index contributed by atoms with van der Waals surface area (Å²) in [5, 5.41) is 20.6. The van der Waals surface area contributed by atoms with E-state index in [4.69, 9.17) is 9.84 Å². The van der Waals surface area contributed by atoms with Crippen molar-refractivity contribution in [2.24, 2.45) is 5.92 Å². The number of rotatable bonds is 11. The molecule has 0 bridgehead atoms. The van der Waals surface area contributed by atoms with Gasteiger partial charge in [0, 0.05) is 25.2 Å². The van der Waals surface area contributed by atoms with Crippen molar-refractivity contribution in [3.63, 3.8) is 0 Å². The van der Waals surface area contributed by atoms with Gasteiger partial charge in [-0.25, -0.2) is 4.98 Å². The zero-order chi connectivity index (χ0) is 26.7. The number of hydrogen-bond acceptors (Lipinski definition) is 7. The van der Waals surface area contributed by atoms with Crippen LogP contribution in [0.25, 0.3) is 0 Å². The summed E-state index contributed by atoms with van der Waals surface area (Å²) in [5.74, 6) is 1.11. The lowest BCUT2D eigenvalue weighted by atomic mass is 9.95. The minimum absolute atomic E-state index is 0.152. The van der Waals surface area contributed by atoms with Gasteiger partial charge >= 0.3 is 12.2 Å². The Morgan fingerprint density at radius 3 is 2.82 bits per heavy atom. The standard InChI is InChI=1S/C26H29F3N6O3/c27-26(28,29)15-38-19-3-1-2-17(12-19)6-7-18-13-20-23(24(36)32-18)21(35(34-20)11-9-16-4-5-16)14-31-22-8-10-30-25(37)33-22/h1-3,8,10,12,16,18H,4-7,9,11,13-15H2,(H,32,36)(H2,30,31,33,37). The Bertz CT molecular complexity index is 1290. The van der Waals surface area contributed by atoms with Crippen LogP contribution in [0.15, 0.2) is 36.5 Å². The van der Waals surface area contributed by atoms with Gasteiger partial charge in [-0.05, 0) is 48.9 Å². The smallest absolute Gasteiger partial charge is 0.422 e. The van der Waals surface area contributed by atoms with Crippen LogP contribution in [0.1, 0.15) is 53.0 Å². The lowest BCUT2D eigenvalue weighted by Crippen LogP contribution is -2.41. The van der Waals surface area contributed by atoms with E-state index < -0.39 is 12.8 Å². The van der Waals surface area contributed by atoms with E-state index in [9.17, 15) is 23.1 Å². The van der Waals surface area contributed by atoms with Gasteiger partial charge in [-0.3, -0.25) is 9.48 Å². The van der Waals surface area contributed by atoms with Crippen LogP contribution in [0, 0.1) is 5.92 Å². The number of amides is 1. The Morgan fingerprint density at radius 1 is 1.21 bits per heavy atom. The van der Waals surface area contributed by atoms with E-state index in [0.717, 1.165) is 23.4 Å². The second-order valence-corrected chi connectivity index (χ2v) is 9.78. The first-order valence-corrected chi connectivity index (χ1v) is 12.7. The van der Waals surface area contributed by atoms with Gasteiger partial charge in [0.05, 0.1) is 23.5 Å². The van der Waals surface area contributed by atoms with Crippen LogP contribution in [0.2, 0.25) is 0 Å². The number of hydrogen-bond donors (Lipinski definition) is 3. The summed E-state index contributed by atoms with van der Waals surface area (Å²) >= 11 is 0. The molecule has 1 aromatic carbocycles. The zero-order valence-corrected chi connectivity index (χ0v) is 20.7. The second-order valence-electron chi connectivity index (χ2n) is 9.78. The predicted octanol–water partition coefficient (Wildman–Crippen LogP) is 4.02. The lowest BCUT2D eigenvalue weighted by molar-refractivity contribution is -0.153. The van der Waals surface area contributed by atoms with Crippen molar-refractivity contribution in [2.75, 3.05) is 11.9 Å². The molecular formula is C26H29F3N6O3. The van der Waals surface area contributed by atoms with Gasteiger partial charge in [0.2, 0.25) is 0 Å². The highest BCUT2D eigenvalue weighted by Gasteiger charge is 2.32. The maximum atomic E-state index is 13.2. The third-order valence-corrected chi connectivity index (χ3v) is 6.74. The molecule has 0 saturated heterocycles. The fraction of sp³-hybridized carbons (Fsp3) is 0.462. The van der Waals surface area contributed by atoms with Crippen molar-refractivity contribution >= 4 is 11.7 Å². The molecule has 9 nitrogen and oxygen atoms in total. The lowest BCUT2D eigenvalue weighted by Gasteiger charge is -2.23. The normalized spacial score (nSPS) is 17.1. The van der Waals surface area contributed by atoms with Crippen LogP contribution >= 0.6 is 0 Å². The summed E-state index contributed by atoms with van der Waals surface area (Å²) in [7, 11) is 0. The van der Waals surface area contributed by atoms with Gasteiger partial charge in [-0.2, -0.15) is 23.3 Å². The first-order chi connectivity index (χ1) is 18.2. The van der Waals surface area contributed by atoms with Crippen molar-refractivity contribution in [2.45, 2.75) is 63.8 Å². The third kappa shape index (κ3) is 6.73. The molecule has 1 saturated carbocycles. The van der Waals surface area contributed by atoms with Crippen LogP contribution in [0.5, 0.6) is 11.8 Å². The molecule has 1 aliphatic carbocycles. The Labute approximate surface area is 217 Å². The number of ether oxygens (including phenoxy) is 1. The topological polar surface area (TPSA) is 114 Å². The molecule has 3 aromatic rings. The van der Waals surface area contributed by atoms with E-state index in [-0.39, 0.29) is 23.7 Å².